The summed E-state index contributed by atoms with van der Waals surface area (Å²) in [6, 6.07) is 0. The Bertz CT molecular complexity index is 1800. The van der Waals surface area contributed by atoms with Gasteiger partial charge in [0, 0.05) is 12.8 Å². The highest BCUT2D eigenvalue weighted by atomic mass is 31.2. The Morgan fingerprint density at radius 3 is 0.944 bits per heavy atom. The maximum atomic E-state index is 12.9. The third-order valence-corrected chi connectivity index (χ3v) is 17.9. The van der Waals surface area contributed by atoms with Crippen molar-refractivity contribution < 1.29 is 42.1 Å². The number of hydrogen-bond acceptors (Lipinski definition) is 7. The Kier molecular flexibility index (Phi) is 68.3. The van der Waals surface area contributed by atoms with E-state index in [0.717, 1.165) is 70.6 Å². The zero-order chi connectivity index (χ0) is 65.5. The van der Waals surface area contributed by atoms with Crippen LogP contribution in [0.25, 0.3) is 0 Å². The van der Waals surface area contributed by atoms with Gasteiger partial charge in [-0.15, -0.1) is 0 Å². The lowest BCUT2D eigenvalue weighted by Gasteiger charge is -2.24. The number of unbranched alkanes of at least 4 members (excludes halogenated alkanes) is 43. The summed E-state index contributed by atoms with van der Waals surface area (Å²) in [6.07, 6.45) is 97.2. The van der Waals surface area contributed by atoms with Crippen LogP contribution < -0.4 is 0 Å². The van der Waals surface area contributed by atoms with Gasteiger partial charge < -0.3 is 18.9 Å². The second kappa shape index (κ2) is 70.5. The largest absolute Gasteiger partial charge is 0.472 e. The lowest BCUT2D eigenvalue weighted by molar-refractivity contribution is -0.870. The maximum absolute atomic E-state index is 12.9. The summed E-state index contributed by atoms with van der Waals surface area (Å²) in [7, 11) is 1.49. The first-order chi connectivity index (χ1) is 44.0. The van der Waals surface area contributed by atoms with E-state index in [-0.39, 0.29) is 25.6 Å². The van der Waals surface area contributed by atoms with Gasteiger partial charge in [-0.25, -0.2) is 4.57 Å². The number of esters is 2. The predicted octanol–water partition coefficient (Wildman–Crippen LogP) is 25.3. The van der Waals surface area contributed by atoms with Gasteiger partial charge in [-0.1, -0.05) is 343 Å². The molecule has 0 bridgehead atoms. The number of rotatable bonds is 71. The van der Waals surface area contributed by atoms with Gasteiger partial charge in [0.25, 0.3) is 0 Å². The molecular weight excluding hydrogens is 1130 g/mol. The summed E-state index contributed by atoms with van der Waals surface area (Å²) in [5.74, 6) is -0.781. The molecule has 1 N–H and O–H groups in total. The predicted molar refractivity (Wildman–Crippen MR) is 390 cm³/mol. The van der Waals surface area contributed by atoms with Crippen LogP contribution in [0.2, 0.25) is 0 Å². The number of phosphoric ester groups is 1. The molecule has 0 aromatic carbocycles. The molecule has 10 heteroatoms. The van der Waals surface area contributed by atoms with E-state index in [2.05, 4.69) is 98.9 Å². The van der Waals surface area contributed by atoms with E-state index in [1.807, 2.05) is 21.1 Å². The van der Waals surface area contributed by atoms with Crippen LogP contribution in [0.1, 0.15) is 361 Å². The molecule has 0 aromatic heterocycles. The molecule has 0 amide bonds. The van der Waals surface area contributed by atoms with Gasteiger partial charge in [-0.2, -0.15) is 0 Å². The SMILES string of the molecule is CC/C=C\C/C=C\C/C=C\C/C=C\CCCCCCCCCCCCCCCCCCC(=O)OC(COC(=O)CCCCCCCCCCCCCCCCCCCCCCCC/C=C\C/C=C\C/C=C\CCCCCCC)COP(=O)(O)OCC[N+](C)(C)C. The summed E-state index contributed by atoms with van der Waals surface area (Å²) >= 11 is 0. The summed E-state index contributed by atoms with van der Waals surface area (Å²) in [5, 5.41) is 0. The molecule has 2 atom stereocenters. The smallest absolute Gasteiger partial charge is 0.462 e. The molecule has 0 radical (unpaired) electrons. The van der Waals surface area contributed by atoms with Gasteiger partial charge in [0.2, 0.25) is 0 Å². The average Bonchev–Trinajstić information content (AvgIpc) is 3.58. The normalized spacial score (nSPS) is 13.5. The number of likely N-dealkylation sites (N-methyl/N-ethyl adjacent to an activating group) is 1. The van der Waals surface area contributed by atoms with Crippen molar-refractivity contribution in [3.63, 3.8) is 0 Å². The Balaban J connectivity index is 3.95. The molecule has 0 saturated carbocycles. The molecule has 9 nitrogen and oxygen atoms in total. The summed E-state index contributed by atoms with van der Waals surface area (Å²) in [4.78, 5) is 35.9. The fourth-order valence-corrected chi connectivity index (χ4v) is 11.8. The maximum Gasteiger partial charge on any atom is 0.472 e. The Hall–Kier alpha value is -2.81. The van der Waals surface area contributed by atoms with Crippen LogP contribution in [0.3, 0.4) is 0 Å². The van der Waals surface area contributed by atoms with E-state index in [1.165, 1.54) is 257 Å². The second-order valence-electron chi connectivity index (χ2n) is 27.0. The molecule has 0 heterocycles. The fourth-order valence-electron chi connectivity index (χ4n) is 11.1. The van der Waals surface area contributed by atoms with Gasteiger partial charge in [-0.3, -0.25) is 18.6 Å². The molecule has 0 fully saturated rings. The Morgan fingerprint density at radius 1 is 0.356 bits per heavy atom. The standard InChI is InChI=1S/C80H146NO8P/c1-6-8-10-12-14-16-18-20-22-24-26-28-30-32-34-36-37-38-39-40-41-42-43-45-46-48-50-52-54-56-58-60-62-64-66-68-70-72-79(82)86-76-78(77-88-90(84,85)87-75-74-81(3,4)5)89-80(83)73-71-69-67-65-63-61-59-57-55-53-51-49-47-44-35-33-31-29-27-25-23-21-19-17-15-13-11-9-7-2/h9,11,15,17-18,20-21,23-24,26-27,29-30,32,78H,6-8,10,12-14,16,19,22,25,28,31,33-77H2,1-5H3/p+1/b11-9-,17-15-,20-18-,23-21-,26-24-,29-27-,32-30-. The van der Waals surface area contributed by atoms with Gasteiger partial charge in [0.05, 0.1) is 27.7 Å². The third kappa shape index (κ3) is 74.2. The van der Waals surface area contributed by atoms with Crippen LogP contribution in [-0.2, 0) is 32.7 Å². The van der Waals surface area contributed by atoms with E-state index < -0.39 is 26.5 Å². The second-order valence-corrected chi connectivity index (χ2v) is 28.5. The number of quaternary nitrogens is 1. The van der Waals surface area contributed by atoms with Gasteiger partial charge >= 0.3 is 19.8 Å². The lowest BCUT2D eigenvalue weighted by Crippen LogP contribution is -2.37. The van der Waals surface area contributed by atoms with Crippen LogP contribution in [0, 0.1) is 0 Å². The highest BCUT2D eigenvalue weighted by Gasteiger charge is 2.27. The molecule has 0 aromatic rings. The van der Waals surface area contributed by atoms with Crippen molar-refractivity contribution in [3.8, 4) is 0 Å². The minimum atomic E-state index is -4.40. The first-order valence-electron chi connectivity index (χ1n) is 38.3. The molecule has 0 aliphatic heterocycles. The first kappa shape index (κ1) is 87.2. The topological polar surface area (TPSA) is 108 Å². The summed E-state index contributed by atoms with van der Waals surface area (Å²) in [5.41, 5.74) is 0. The molecule has 90 heavy (non-hydrogen) atoms. The minimum Gasteiger partial charge on any atom is -0.462 e. The van der Waals surface area contributed by atoms with Gasteiger partial charge in [0.1, 0.15) is 19.8 Å². The number of carbonyl (C=O) groups excluding carboxylic acids is 2. The molecular formula is C80H147NO8P+. The zero-order valence-corrected chi connectivity index (χ0v) is 60.8. The van der Waals surface area contributed by atoms with Crippen LogP contribution in [0.15, 0.2) is 85.1 Å². The Morgan fingerprint density at radius 2 is 0.633 bits per heavy atom. The van der Waals surface area contributed by atoms with Gasteiger partial charge in [-0.05, 0) is 89.9 Å². The Labute approximate surface area is 558 Å². The highest BCUT2D eigenvalue weighted by molar-refractivity contribution is 7.47. The van der Waals surface area contributed by atoms with Gasteiger partial charge in [0.15, 0.2) is 6.10 Å². The molecule has 0 saturated heterocycles. The molecule has 0 aliphatic carbocycles. The van der Waals surface area contributed by atoms with Crippen molar-refractivity contribution in [2.45, 2.75) is 367 Å². The minimum absolute atomic E-state index is 0.0317. The lowest BCUT2D eigenvalue weighted by atomic mass is 10.0. The van der Waals surface area contributed by atoms with Crippen LogP contribution >= 0.6 is 7.82 Å². The number of carbonyl (C=O) groups is 2. The van der Waals surface area contributed by atoms with E-state index in [0.29, 0.717) is 23.9 Å². The highest BCUT2D eigenvalue weighted by Crippen LogP contribution is 2.43. The molecule has 0 rings (SSSR count). The average molecular weight is 1280 g/mol. The summed E-state index contributed by atoms with van der Waals surface area (Å²) < 4.78 is 34.8. The number of phosphoric acid groups is 1. The quantitative estimate of drug-likeness (QED) is 0.0211. The van der Waals surface area contributed by atoms with Crippen LogP contribution in [0.5, 0.6) is 0 Å². The number of ether oxygens (including phenoxy) is 2. The fraction of sp³-hybridized carbons (Fsp3) is 0.800. The van der Waals surface area contributed by atoms with Crippen molar-refractivity contribution in [3.05, 3.63) is 85.1 Å². The number of nitrogens with zero attached hydrogens (tertiary/aromatic N) is 1. The van der Waals surface area contributed by atoms with Crippen molar-refractivity contribution >= 4 is 19.8 Å². The van der Waals surface area contributed by atoms with E-state index in [4.69, 9.17) is 18.5 Å². The van der Waals surface area contributed by atoms with Crippen LogP contribution in [-0.4, -0.2) is 74.9 Å². The summed E-state index contributed by atoms with van der Waals surface area (Å²) in [6.45, 7) is 4.36. The molecule has 0 aliphatic rings. The van der Waals surface area contributed by atoms with Crippen molar-refractivity contribution in [1.82, 2.24) is 0 Å². The molecule has 0 spiro atoms. The van der Waals surface area contributed by atoms with Crippen molar-refractivity contribution in [1.29, 1.82) is 0 Å². The van der Waals surface area contributed by atoms with E-state index in [9.17, 15) is 19.0 Å². The van der Waals surface area contributed by atoms with Crippen molar-refractivity contribution in [2.75, 3.05) is 47.5 Å². The first-order valence-corrected chi connectivity index (χ1v) is 39.8. The molecule has 2 unspecified atom stereocenters. The zero-order valence-electron chi connectivity index (χ0n) is 59.9. The monoisotopic (exact) mass is 1280 g/mol. The van der Waals surface area contributed by atoms with E-state index >= 15 is 0 Å². The number of allylic oxidation sites excluding steroid dienone is 14. The number of hydrogen-bond donors (Lipinski definition) is 1. The molecule has 524 valence electrons. The third-order valence-electron chi connectivity index (χ3n) is 16.9. The van der Waals surface area contributed by atoms with Crippen LogP contribution in [0.4, 0.5) is 0 Å². The van der Waals surface area contributed by atoms with E-state index in [1.54, 1.807) is 0 Å². The van der Waals surface area contributed by atoms with Crippen molar-refractivity contribution in [2.24, 2.45) is 0 Å².